The number of anilines is 1. The number of fused-ring (bicyclic) bond motifs is 1. The van der Waals surface area contributed by atoms with Crippen molar-refractivity contribution in [1.29, 1.82) is 0 Å². The Morgan fingerprint density at radius 1 is 0.914 bits per heavy atom. The van der Waals surface area contributed by atoms with E-state index in [0.717, 1.165) is 53.1 Å². The number of benzene rings is 2. The van der Waals surface area contributed by atoms with Gasteiger partial charge in [-0.2, -0.15) is 0 Å². The second-order valence-corrected chi connectivity index (χ2v) is 8.72. The SMILES string of the molecule is COc1ccc(Cc2nc3c(c(N4CCOCC4)n2)CN(C(=O)c2ccc(OC)cc2)CC3)cc1. The number of methoxy groups -OCH3 is 2. The molecule has 182 valence electrons. The minimum Gasteiger partial charge on any atom is -0.497 e. The summed E-state index contributed by atoms with van der Waals surface area (Å²) in [6.45, 7) is 4.01. The van der Waals surface area contributed by atoms with Gasteiger partial charge in [-0.1, -0.05) is 12.1 Å². The first kappa shape index (κ1) is 23.1. The zero-order chi connectivity index (χ0) is 24.2. The average Bonchev–Trinajstić information content (AvgIpc) is 2.93. The molecular weight excluding hydrogens is 444 g/mol. The first-order valence-corrected chi connectivity index (χ1v) is 11.9. The van der Waals surface area contributed by atoms with Crippen molar-refractivity contribution in [3.63, 3.8) is 0 Å². The fourth-order valence-corrected chi connectivity index (χ4v) is 4.58. The fraction of sp³-hybridized carbons (Fsp3) is 0.370. The molecule has 0 N–H and O–H groups in total. The summed E-state index contributed by atoms with van der Waals surface area (Å²) in [6.07, 6.45) is 1.34. The number of nitrogens with zero attached hydrogens (tertiary/aromatic N) is 4. The molecular formula is C27H30N4O4. The van der Waals surface area contributed by atoms with Gasteiger partial charge in [-0.15, -0.1) is 0 Å². The maximum atomic E-state index is 13.3. The molecule has 0 bridgehead atoms. The van der Waals surface area contributed by atoms with Crippen LogP contribution in [0.3, 0.4) is 0 Å². The summed E-state index contributed by atoms with van der Waals surface area (Å²) in [6, 6.07) is 15.3. The number of rotatable bonds is 6. The topological polar surface area (TPSA) is 77.0 Å². The summed E-state index contributed by atoms with van der Waals surface area (Å²) in [5.74, 6) is 3.29. The fourth-order valence-electron chi connectivity index (χ4n) is 4.58. The predicted molar refractivity (Wildman–Crippen MR) is 132 cm³/mol. The van der Waals surface area contributed by atoms with Gasteiger partial charge in [0.25, 0.3) is 5.91 Å². The van der Waals surface area contributed by atoms with E-state index in [2.05, 4.69) is 4.90 Å². The largest absolute Gasteiger partial charge is 0.497 e. The van der Waals surface area contributed by atoms with E-state index in [4.69, 9.17) is 24.2 Å². The van der Waals surface area contributed by atoms with E-state index in [1.54, 1.807) is 14.2 Å². The van der Waals surface area contributed by atoms with Gasteiger partial charge in [0.05, 0.1) is 39.7 Å². The third kappa shape index (κ3) is 5.07. The number of hydrogen-bond donors (Lipinski definition) is 0. The van der Waals surface area contributed by atoms with Crippen molar-refractivity contribution in [1.82, 2.24) is 14.9 Å². The van der Waals surface area contributed by atoms with Gasteiger partial charge >= 0.3 is 0 Å². The molecule has 0 spiro atoms. The van der Waals surface area contributed by atoms with Crippen LogP contribution in [0.2, 0.25) is 0 Å². The highest BCUT2D eigenvalue weighted by Crippen LogP contribution is 2.29. The van der Waals surface area contributed by atoms with Gasteiger partial charge < -0.3 is 24.0 Å². The lowest BCUT2D eigenvalue weighted by Crippen LogP contribution is -2.41. The second-order valence-electron chi connectivity index (χ2n) is 8.72. The van der Waals surface area contributed by atoms with Gasteiger partial charge in [-0.25, -0.2) is 9.97 Å². The Kier molecular flexibility index (Phi) is 6.81. The van der Waals surface area contributed by atoms with Crippen LogP contribution in [-0.2, 0) is 24.1 Å². The van der Waals surface area contributed by atoms with Crippen LogP contribution in [0.25, 0.3) is 0 Å². The lowest BCUT2D eigenvalue weighted by atomic mass is 10.0. The molecule has 35 heavy (non-hydrogen) atoms. The molecule has 0 radical (unpaired) electrons. The van der Waals surface area contributed by atoms with Crippen LogP contribution < -0.4 is 14.4 Å². The number of ether oxygens (including phenoxy) is 3. The third-order valence-electron chi connectivity index (χ3n) is 6.54. The van der Waals surface area contributed by atoms with Crippen LogP contribution >= 0.6 is 0 Å². The normalized spacial score (nSPS) is 15.5. The summed E-state index contributed by atoms with van der Waals surface area (Å²) in [4.78, 5) is 27.4. The van der Waals surface area contributed by atoms with Crippen LogP contribution in [-0.4, -0.2) is 67.8 Å². The highest BCUT2D eigenvalue weighted by atomic mass is 16.5. The number of amides is 1. The van der Waals surface area contributed by atoms with Crippen molar-refractivity contribution < 1.29 is 19.0 Å². The summed E-state index contributed by atoms with van der Waals surface area (Å²) < 4.78 is 16.1. The molecule has 1 fully saturated rings. The molecule has 0 unspecified atom stereocenters. The van der Waals surface area contributed by atoms with Crippen LogP contribution in [0.4, 0.5) is 5.82 Å². The molecule has 2 aromatic carbocycles. The molecule has 5 rings (SSSR count). The monoisotopic (exact) mass is 474 g/mol. The van der Waals surface area contributed by atoms with Crippen molar-refractivity contribution in [2.45, 2.75) is 19.4 Å². The van der Waals surface area contributed by atoms with E-state index < -0.39 is 0 Å². The molecule has 8 heteroatoms. The highest BCUT2D eigenvalue weighted by molar-refractivity contribution is 5.94. The molecule has 0 aliphatic carbocycles. The lowest BCUT2D eigenvalue weighted by molar-refractivity contribution is 0.0732. The molecule has 3 aromatic rings. The molecule has 1 saturated heterocycles. The molecule has 1 aromatic heterocycles. The Hall–Kier alpha value is -3.65. The molecule has 1 amide bonds. The Balaban J connectivity index is 1.43. The molecule has 2 aliphatic rings. The quantitative estimate of drug-likeness (QED) is 0.543. The van der Waals surface area contributed by atoms with Crippen LogP contribution in [0.1, 0.15) is 33.0 Å². The maximum absolute atomic E-state index is 13.3. The Bertz CT molecular complexity index is 1180. The molecule has 2 aliphatic heterocycles. The van der Waals surface area contributed by atoms with Crippen LogP contribution in [0.5, 0.6) is 11.5 Å². The molecule has 0 atom stereocenters. The van der Waals surface area contributed by atoms with E-state index in [-0.39, 0.29) is 5.91 Å². The van der Waals surface area contributed by atoms with Crippen LogP contribution in [0.15, 0.2) is 48.5 Å². The van der Waals surface area contributed by atoms with Gasteiger partial charge in [0.2, 0.25) is 0 Å². The Labute approximate surface area is 205 Å². The first-order valence-electron chi connectivity index (χ1n) is 11.9. The maximum Gasteiger partial charge on any atom is 0.254 e. The first-order chi connectivity index (χ1) is 17.1. The van der Waals surface area contributed by atoms with Gasteiger partial charge in [-0.05, 0) is 42.0 Å². The van der Waals surface area contributed by atoms with E-state index in [9.17, 15) is 4.79 Å². The molecule has 0 saturated carbocycles. The minimum atomic E-state index is 0.00791. The number of aromatic nitrogens is 2. The Morgan fingerprint density at radius 2 is 1.57 bits per heavy atom. The second kappa shape index (κ2) is 10.3. The smallest absolute Gasteiger partial charge is 0.254 e. The lowest BCUT2D eigenvalue weighted by Gasteiger charge is -2.34. The van der Waals surface area contributed by atoms with Gasteiger partial charge in [-0.3, -0.25) is 4.79 Å². The number of carbonyl (C=O) groups excluding carboxylic acids is 1. The van der Waals surface area contributed by atoms with Gasteiger partial charge in [0.15, 0.2) is 0 Å². The van der Waals surface area contributed by atoms with Crippen molar-refractivity contribution in [3.8, 4) is 11.5 Å². The van der Waals surface area contributed by atoms with E-state index in [1.165, 1.54) is 0 Å². The molecule has 3 heterocycles. The van der Waals surface area contributed by atoms with Crippen molar-refractivity contribution >= 4 is 11.7 Å². The number of hydrogen-bond acceptors (Lipinski definition) is 7. The van der Waals surface area contributed by atoms with Gasteiger partial charge in [0, 0.05) is 43.6 Å². The number of carbonyl (C=O) groups is 1. The summed E-state index contributed by atoms with van der Waals surface area (Å²) >= 11 is 0. The standard InChI is InChI=1S/C27H30N4O4/c1-33-21-7-3-19(4-8-21)17-25-28-24-11-12-31(27(32)20-5-9-22(34-2)10-6-20)18-23(24)26(29-25)30-13-15-35-16-14-30/h3-10H,11-18H2,1-2H3. The van der Waals surface area contributed by atoms with Gasteiger partial charge in [0.1, 0.15) is 23.1 Å². The molecule has 8 nitrogen and oxygen atoms in total. The predicted octanol–water partition coefficient (Wildman–Crippen LogP) is 3.12. The van der Waals surface area contributed by atoms with E-state index >= 15 is 0 Å². The van der Waals surface area contributed by atoms with Crippen molar-refractivity contribution in [3.05, 3.63) is 76.7 Å². The summed E-state index contributed by atoms with van der Waals surface area (Å²) in [5.41, 5.74) is 3.85. The van der Waals surface area contributed by atoms with Crippen molar-refractivity contribution in [2.24, 2.45) is 0 Å². The average molecular weight is 475 g/mol. The minimum absolute atomic E-state index is 0.00791. The number of morpholine rings is 1. The zero-order valence-electron chi connectivity index (χ0n) is 20.2. The third-order valence-corrected chi connectivity index (χ3v) is 6.54. The van der Waals surface area contributed by atoms with E-state index in [0.29, 0.717) is 44.7 Å². The highest BCUT2D eigenvalue weighted by Gasteiger charge is 2.29. The zero-order valence-corrected chi connectivity index (χ0v) is 20.2. The van der Waals surface area contributed by atoms with E-state index in [1.807, 2.05) is 53.4 Å². The van der Waals surface area contributed by atoms with Crippen molar-refractivity contribution in [2.75, 3.05) is 52.0 Å². The summed E-state index contributed by atoms with van der Waals surface area (Å²) in [7, 11) is 3.29. The van der Waals surface area contributed by atoms with Crippen LogP contribution in [0, 0.1) is 0 Å². The Morgan fingerprint density at radius 3 is 2.23 bits per heavy atom. The summed E-state index contributed by atoms with van der Waals surface area (Å²) in [5, 5.41) is 0.